The molecule has 3 saturated heterocycles. The Kier molecular flexibility index (Phi) is 3.42. The first-order chi connectivity index (χ1) is 13.1. The zero-order valence-corrected chi connectivity index (χ0v) is 14.8. The van der Waals surface area contributed by atoms with Crippen LogP contribution >= 0.6 is 0 Å². The molecule has 0 spiro atoms. The molecule has 0 unspecified atom stereocenters. The van der Waals surface area contributed by atoms with Crippen molar-refractivity contribution in [2.24, 2.45) is 22.9 Å². The number of methoxy groups -OCH3 is 1. The molecule has 4 aliphatic rings. The molecule has 3 fully saturated rings. The topological polar surface area (TPSA) is 94.5 Å². The van der Waals surface area contributed by atoms with E-state index in [1.165, 1.54) is 12.0 Å². The van der Waals surface area contributed by atoms with E-state index in [1.54, 1.807) is 31.2 Å². The fourth-order valence-electron chi connectivity index (χ4n) is 4.86. The number of ether oxygens (including phenoxy) is 2. The van der Waals surface area contributed by atoms with Crippen molar-refractivity contribution in [1.82, 2.24) is 4.90 Å². The second-order valence-electron chi connectivity index (χ2n) is 7.18. The Morgan fingerprint density at radius 3 is 2.37 bits per heavy atom. The molecule has 8 nitrogen and oxygen atoms in total. The average Bonchev–Trinajstić information content (AvgIpc) is 3.41. The molecule has 140 valence electrons. The van der Waals surface area contributed by atoms with Gasteiger partial charge in [-0.2, -0.15) is 0 Å². The lowest BCUT2D eigenvalue weighted by molar-refractivity contribution is -0.142. The third-order valence-corrected chi connectivity index (χ3v) is 6.05. The zero-order valence-electron chi connectivity index (χ0n) is 14.8. The number of hydrogen-bond donors (Lipinski definition) is 0. The van der Waals surface area contributed by atoms with Gasteiger partial charge in [-0.25, -0.2) is 4.79 Å². The number of hydrogen-bond acceptors (Lipinski definition) is 7. The molecule has 8 heteroatoms. The molecule has 27 heavy (non-hydrogen) atoms. The Hall–Kier alpha value is -2.74. The van der Waals surface area contributed by atoms with E-state index < -0.39 is 30.0 Å². The first-order valence-corrected chi connectivity index (χ1v) is 9.00. The maximum absolute atomic E-state index is 12.7. The van der Waals surface area contributed by atoms with E-state index in [-0.39, 0.29) is 23.8 Å². The van der Waals surface area contributed by atoms with Crippen molar-refractivity contribution >= 4 is 23.5 Å². The second-order valence-corrected chi connectivity index (χ2v) is 7.18. The molecule has 0 aromatic heterocycles. The number of carbonyl (C=O) groups is 3. The normalized spacial score (nSPS) is 35.8. The van der Waals surface area contributed by atoms with E-state index >= 15 is 0 Å². The molecule has 4 heterocycles. The van der Waals surface area contributed by atoms with E-state index in [0.29, 0.717) is 17.8 Å². The quantitative estimate of drug-likeness (QED) is 0.571. The van der Waals surface area contributed by atoms with E-state index in [1.807, 2.05) is 0 Å². The van der Waals surface area contributed by atoms with Gasteiger partial charge in [0.05, 0.1) is 42.2 Å². The van der Waals surface area contributed by atoms with E-state index in [9.17, 15) is 14.4 Å². The van der Waals surface area contributed by atoms with Crippen LogP contribution in [0.5, 0.6) is 0 Å². The number of likely N-dealkylation sites (tertiary alicyclic amines) is 1. The highest BCUT2D eigenvalue weighted by Gasteiger charge is 2.71. The first kappa shape index (κ1) is 16.4. The number of oxime groups is 1. The Bertz CT molecular complexity index is 879. The van der Waals surface area contributed by atoms with Gasteiger partial charge >= 0.3 is 5.97 Å². The number of rotatable bonds is 3. The van der Waals surface area contributed by atoms with E-state index in [0.717, 1.165) is 5.56 Å². The van der Waals surface area contributed by atoms with Gasteiger partial charge in [-0.15, -0.1) is 0 Å². The van der Waals surface area contributed by atoms with Gasteiger partial charge in [-0.1, -0.05) is 17.3 Å². The van der Waals surface area contributed by atoms with Crippen molar-refractivity contribution in [2.45, 2.75) is 25.2 Å². The molecular weight excluding hydrogens is 352 g/mol. The summed E-state index contributed by atoms with van der Waals surface area (Å²) in [7, 11) is 1.33. The molecule has 0 saturated carbocycles. The lowest BCUT2D eigenvalue weighted by atomic mass is 9.71. The summed E-state index contributed by atoms with van der Waals surface area (Å²) in [5, 5.41) is 4.23. The third kappa shape index (κ3) is 2.01. The highest BCUT2D eigenvalue weighted by molar-refractivity contribution is 6.09. The second kappa shape index (κ2) is 5.63. The number of carbonyl (C=O) groups excluding carboxylic acids is 3. The molecule has 6 atom stereocenters. The van der Waals surface area contributed by atoms with Gasteiger partial charge in [-0.3, -0.25) is 14.5 Å². The standard InChI is InChI=1S/C19H18N2O6/c1-3-21-17(22)10-11(18(21)23)15-16-12(14(10)26-15)13(20-27-16)8-4-6-9(7-5-8)19(24)25-2/h4-7,10-12,14-16H,3H2,1-2H3/t10-,11+,12+,14-,15-,16-/m1/s1. The van der Waals surface area contributed by atoms with Crippen LogP contribution in [-0.2, 0) is 23.9 Å². The number of nitrogens with zero attached hydrogens (tertiary/aromatic N) is 2. The summed E-state index contributed by atoms with van der Waals surface area (Å²) in [6, 6.07) is 6.88. The van der Waals surface area contributed by atoms with Gasteiger partial charge < -0.3 is 14.3 Å². The third-order valence-electron chi connectivity index (χ3n) is 6.05. The van der Waals surface area contributed by atoms with Crippen molar-refractivity contribution in [1.29, 1.82) is 0 Å². The van der Waals surface area contributed by atoms with E-state index in [4.69, 9.17) is 14.3 Å². The Labute approximate surface area is 155 Å². The van der Waals surface area contributed by atoms with Crippen LogP contribution in [0.15, 0.2) is 29.4 Å². The fraction of sp³-hybridized carbons (Fsp3) is 0.474. The van der Waals surface area contributed by atoms with Crippen LogP contribution in [-0.4, -0.2) is 60.4 Å². The zero-order chi connectivity index (χ0) is 18.9. The minimum absolute atomic E-state index is 0.161. The number of imide groups is 1. The number of benzene rings is 1. The average molecular weight is 370 g/mol. The van der Waals surface area contributed by atoms with Crippen LogP contribution in [0.4, 0.5) is 0 Å². The van der Waals surface area contributed by atoms with Crippen LogP contribution in [0.3, 0.4) is 0 Å². The number of esters is 1. The fourth-order valence-corrected chi connectivity index (χ4v) is 4.86. The smallest absolute Gasteiger partial charge is 0.337 e. The minimum Gasteiger partial charge on any atom is -0.465 e. The molecule has 0 aliphatic carbocycles. The highest BCUT2D eigenvalue weighted by atomic mass is 16.7. The summed E-state index contributed by atoms with van der Waals surface area (Å²) in [4.78, 5) is 43.8. The summed E-state index contributed by atoms with van der Waals surface area (Å²) >= 11 is 0. The largest absolute Gasteiger partial charge is 0.465 e. The summed E-state index contributed by atoms with van der Waals surface area (Å²) in [6.45, 7) is 2.17. The Morgan fingerprint density at radius 1 is 1.07 bits per heavy atom. The molecule has 4 aliphatic heterocycles. The van der Waals surface area contributed by atoms with Gasteiger partial charge in [-0.05, 0) is 24.6 Å². The SMILES string of the molecule is CCN1C(=O)[C@@H]2[C@H]3O[C@@H]([C@@H]4C(c5ccc(C(=O)OC)cc5)=NO[C@@H]34)[C@@H]2C1=O. The Balaban J connectivity index is 1.45. The molecule has 5 rings (SSSR count). The van der Waals surface area contributed by atoms with Crippen molar-refractivity contribution in [3.8, 4) is 0 Å². The first-order valence-electron chi connectivity index (χ1n) is 9.00. The molecule has 0 radical (unpaired) electrons. The van der Waals surface area contributed by atoms with Crippen molar-refractivity contribution < 1.29 is 28.7 Å². The van der Waals surface area contributed by atoms with Crippen molar-refractivity contribution in [2.75, 3.05) is 13.7 Å². The summed E-state index contributed by atoms with van der Waals surface area (Å²) < 4.78 is 10.7. The highest BCUT2D eigenvalue weighted by Crippen LogP contribution is 2.54. The maximum atomic E-state index is 12.7. The lowest BCUT2D eigenvalue weighted by Crippen LogP contribution is -2.45. The van der Waals surface area contributed by atoms with Crippen LogP contribution in [0.1, 0.15) is 22.8 Å². The van der Waals surface area contributed by atoms with Gasteiger partial charge in [0.1, 0.15) is 6.10 Å². The molecule has 1 aromatic carbocycles. The molecular formula is C19H18N2O6. The lowest BCUT2D eigenvalue weighted by Gasteiger charge is -2.26. The molecule has 0 N–H and O–H groups in total. The maximum Gasteiger partial charge on any atom is 0.337 e. The monoisotopic (exact) mass is 370 g/mol. The van der Waals surface area contributed by atoms with Crippen molar-refractivity contribution in [3.05, 3.63) is 35.4 Å². The van der Waals surface area contributed by atoms with Crippen LogP contribution in [0.2, 0.25) is 0 Å². The summed E-state index contributed by atoms with van der Waals surface area (Å²) in [5.41, 5.74) is 1.93. The summed E-state index contributed by atoms with van der Waals surface area (Å²) in [5.74, 6) is -1.88. The van der Waals surface area contributed by atoms with E-state index in [2.05, 4.69) is 5.16 Å². The van der Waals surface area contributed by atoms with Crippen LogP contribution in [0, 0.1) is 17.8 Å². The van der Waals surface area contributed by atoms with Gasteiger partial charge in [0.2, 0.25) is 11.8 Å². The van der Waals surface area contributed by atoms with Crippen LogP contribution < -0.4 is 0 Å². The Morgan fingerprint density at radius 2 is 1.74 bits per heavy atom. The molecule has 2 amide bonds. The minimum atomic E-state index is -0.472. The predicted octanol–water partition coefficient (Wildman–Crippen LogP) is 0.594. The number of fused-ring (bicyclic) bond motifs is 8. The van der Waals surface area contributed by atoms with Gasteiger partial charge in [0.15, 0.2) is 6.10 Å². The summed E-state index contributed by atoms with van der Waals surface area (Å²) in [6.07, 6.45) is -1.23. The van der Waals surface area contributed by atoms with Crippen molar-refractivity contribution in [3.63, 3.8) is 0 Å². The molecule has 2 bridgehead atoms. The molecule has 1 aromatic rings. The van der Waals surface area contributed by atoms with Crippen LogP contribution in [0.25, 0.3) is 0 Å². The van der Waals surface area contributed by atoms with Gasteiger partial charge in [0, 0.05) is 6.54 Å². The van der Waals surface area contributed by atoms with Gasteiger partial charge in [0.25, 0.3) is 0 Å². The number of amides is 2. The predicted molar refractivity (Wildman–Crippen MR) is 90.7 cm³/mol.